The molecule has 3 aromatic heterocycles. The first kappa shape index (κ1) is 28.7. The summed E-state index contributed by atoms with van der Waals surface area (Å²) in [4.78, 5) is 41.2. The van der Waals surface area contributed by atoms with Crippen LogP contribution in [-0.4, -0.2) is 83.2 Å². The number of phosphoric acid groups is 1. The molecule has 41 heavy (non-hydrogen) atoms. The number of nitrogen functional groups attached to an aromatic ring is 1. The molecule has 0 spiro atoms. The fourth-order valence-corrected chi connectivity index (χ4v) is 7.66. The number of hydrogen-bond acceptors (Lipinski definition) is 15. The molecule has 21 heteroatoms. The van der Waals surface area contributed by atoms with E-state index in [0.29, 0.717) is 12.2 Å². The molecular weight excluding hydrogens is 606 g/mol. The highest BCUT2D eigenvalue weighted by molar-refractivity contribution is 8.44. The number of rotatable bonds is 3. The van der Waals surface area contributed by atoms with E-state index in [1.807, 2.05) is 0 Å². The molecule has 2 bridgehead atoms. The predicted octanol–water partition coefficient (Wildman–Crippen LogP) is 0.596. The third-order valence-corrected chi connectivity index (χ3v) is 9.61. The van der Waals surface area contributed by atoms with E-state index in [2.05, 4.69) is 42.5 Å². The van der Waals surface area contributed by atoms with E-state index in [9.17, 15) is 23.9 Å². The summed E-state index contributed by atoms with van der Waals surface area (Å²) in [5.74, 6) is -0.179. The first-order valence-electron chi connectivity index (χ1n) is 12.4. The van der Waals surface area contributed by atoms with Crippen molar-refractivity contribution < 1.29 is 42.0 Å². The predicted molar refractivity (Wildman–Crippen MR) is 143 cm³/mol. The first-order chi connectivity index (χ1) is 19.5. The zero-order valence-electron chi connectivity index (χ0n) is 21.0. The Kier molecular flexibility index (Phi) is 7.69. The zero-order chi connectivity index (χ0) is 28.9. The van der Waals surface area contributed by atoms with Gasteiger partial charge in [-0.15, -0.1) is 0 Å². The monoisotopic (exact) mass is 632 g/mol. The fraction of sp³-hybridized carbons (Fsp3) is 0.550. The van der Waals surface area contributed by atoms with Crippen LogP contribution in [0.2, 0.25) is 0 Å². The van der Waals surface area contributed by atoms with Gasteiger partial charge in [0.1, 0.15) is 30.5 Å². The SMILES string of the molecule is Nc1nc2c(ncn2[C@@H]2O[C@@H]3COP(=O)(O)O[C@H]4C[C@H](Nc5ccncn5)C[C@@H]4COP(=O)(S)O[C@@H]2[C@@H]3O)c(=O)[nH]1. The molecule has 6 N–H and O–H groups in total. The number of thiol groups is 1. The topological polar surface area (TPSA) is 248 Å². The van der Waals surface area contributed by atoms with Crippen LogP contribution >= 0.6 is 26.9 Å². The fourth-order valence-electron chi connectivity index (χ4n) is 5.16. The van der Waals surface area contributed by atoms with Gasteiger partial charge in [-0.25, -0.2) is 24.1 Å². The van der Waals surface area contributed by atoms with Crippen molar-refractivity contribution in [2.45, 2.75) is 49.5 Å². The summed E-state index contributed by atoms with van der Waals surface area (Å²) < 4.78 is 55.5. The van der Waals surface area contributed by atoms with Crippen LogP contribution in [0.5, 0.6) is 0 Å². The number of aromatic nitrogens is 6. The number of ether oxygens (including phenoxy) is 1. The van der Waals surface area contributed by atoms with Crippen LogP contribution in [0.25, 0.3) is 11.2 Å². The van der Waals surface area contributed by atoms with Crippen LogP contribution < -0.4 is 16.6 Å². The third-order valence-electron chi connectivity index (χ3n) is 6.98. The molecule has 0 amide bonds. The summed E-state index contributed by atoms with van der Waals surface area (Å²) >= 11 is 4.11. The van der Waals surface area contributed by atoms with Crippen molar-refractivity contribution in [3.63, 3.8) is 0 Å². The summed E-state index contributed by atoms with van der Waals surface area (Å²) in [5.41, 5.74) is 4.97. The Morgan fingerprint density at radius 3 is 2.78 bits per heavy atom. The number of aromatic amines is 1. The molecule has 18 nitrogen and oxygen atoms in total. The molecule has 0 radical (unpaired) electrons. The number of nitrogens with one attached hydrogen (secondary N) is 2. The second-order valence-corrected chi connectivity index (χ2v) is 14.0. The highest BCUT2D eigenvalue weighted by Gasteiger charge is 2.51. The molecule has 1 aliphatic carbocycles. The van der Waals surface area contributed by atoms with Gasteiger partial charge in [-0.1, -0.05) is 12.2 Å². The standard InChI is InChI=1S/C20H26N8O10P2S/c21-20-26-17-14(18(30)27-20)24-8-28(17)19-16-15(29)12(36-19)6-34-39(31,32)37-11-4-10(25-13-1-2-22-7-23-13)3-9(11)5-35-40(33,41)38-16/h1-2,7-12,15-16,19,29H,3-6H2,(H,31,32)(H,33,41)(H,22,23,25)(H3,21,26,27,30)/t9-,10-,11+,12-,15-,16-,19-,40?/m1/s1. The van der Waals surface area contributed by atoms with Crippen LogP contribution in [0, 0.1) is 5.92 Å². The smallest absolute Gasteiger partial charge is 0.387 e. The van der Waals surface area contributed by atoms with Crippen molar-refractivity contribution in [3.8, 4) is 0 Å². The van der Waals surface area contributed by atoms with Gasteiger partial charge in [0.2, 0.25) is 5.95 Å². The number of imidazole rings is 1. The number of fused-ring (bicyclic) bond motifs is 4. The highest BCUT2D eigenvalue weighted by Crippen LogP contribution is 2.58. The van der Waals surface area contributed by atoms with Crippen LogP contribution in [0.15, 0.2) is 29.7 Å². The maximum atomic E-state index is 13.4. The van der Waals surface area contributed by atoms with E-state index in [4.69, 9.17) is 28.6 Å². The van der Waals surface area contributed by atoms with Gasteiger partial charge in [0.05, 0.1) is 25.6 Å². The second kappa shape index (κ2) is 11.0. The molecule has 3 aliphatic rings. The second-order valence-electron chi connectivity index (χ2n) is 9.74. The van der Waals surface area contributed by atoms with Crippen molar-refractivity contribution in [3.05, 3.63) is 35.3 Å². The molecule has 6 rings (SSSR count). The summed E-state index contributed by atoms with van der Waals surface area (Å²) in [6.07, 6.45) is -1.55. The van der Waals surface area contributed by atoms with E-state index < -0.39 is 63.3 Å². The molecule has 3 aromatic rings. The summed E-state index contributed by atoms with van der Waals surface area (Å²) in [6.45, 7) is -5.02. The van der Waals surface area contributed by atoms with Gasteiger partial charge in [-0.3, -0.25) is 27.9 Å². The minimum atomic E-state index is -4.68. The average molecular weight is 632 g/mol. The number of nitrogens with zero attached hydrogens (tertiary/aromatic N) is 5. The lowest BCUT2D eigenvalue weighted by Gasteiger charge is -2.26. The maximum absolute atomic E-state index is 13.4. The molecule has 2 unspecified atom stereocenters. The summed E-state index contributed by atoms with van der Waals surface area (Å²) in [5, 5.41) is 14.2. The van der Waals surface area contributed by atoms with Crippen LogP contribution in [0.4, 0.5) is 11.8 Å². The third kappa shape index (κ3) is 6.06. The number of nitrogens with two attached hydrogens (primary N) is 1. The minimum Gasteiger partial charge on any atom is -0.387 e. The normalized spacial score (nSPS) is 38.1. The Morgan fingerprint density at radius 2 is 2.00 bits per heavy atom. The van der Waals surface area contributed by atoms with E-state index >= 15 is 0 Å². The highest BCUT2D eigenvalue weighted by atomic mass is 32.7. The Balaban J connectivity index is 1.28. The van der Waals surface area contributed by atoms with Gasteiger partial charge < -0.3 is 30.3 Å². The molecule has 2 saturated heterocycles. The summed E-state index contributed by atoms with van der Waals surface area (Å²) in [6, 6.07) is 1.43. The molecule has 0 aromatic carbocycles. The Labute approximate surface area is 236 Å². The lowest BCUT2D eigenvalue weighted by Crippen LogP contribution is -2.35. The van der Waals surface area contributed by atoms with Crippen molar-refractivity contribution in [2.24, 2.45) is 5.92 Å². The number of H-pyrrole nitrogens is 1. The van der Waals surface area contributed by atoms with Gasteiger partial charge in [0.25, 0.3) is 5.56 Å². The van der Waals surface area contributed by atoms with Crippen LogP contribution in [0.1, 0.15) is 19.1 Å². The Bertz CT molecular complexity index is 1580. The van der Waals surface area contributed by atoms with E-state index in [-0.39, 0.29) is 36.2 Å². The van der Waals surface area contributed by atoms with Crippen molar-refractivity contribution in [1.82, 2.24) is 29.5 Å². The first-order valence-corrected chi connectivity index (χ1v) is 16.6. The van der Waals surface area contributed by atoms with Crippen molar-refractivity contribution in [2.75, 3.05) is 24.3 Å². The molecule has 222 valence electrons. The lowest BCUT2D eigenvalue weighted by molar-refractivity contribution is -0.0533. The van der Waals surface area contributed by atoms with E-state index in [1.54, 1.807) is 12.3 Å². The van der Waals surface area contributed by atoms with Gasteiger partial charge in [0.15, 0.2) is 17.4 Å². The van der Waals surface area contributed by atoms with E-state index in [0.717, 1.165) is 0 Å². The van der Waals surface area contributed by atoms with Crippen molar-refractivity contribution >= 4 is 49.8 Å². The van der Waals surface area contributed by atoms with Gasteiger partial charge in [-0.2, -0.15) is 4.98 Å². The number of aliphatic hydroxyl groups is 1. The lowest BCUT2D eigenvalue weighted by atomic mass is 10.1. The molecule has 9 atom stereocenters. The molecule has 5 heterocycles. The number of hydrogen-bond donors (Lipinski definition) is 6. The minimum absolute atomic E-state index is 0.0122. The quantitative estimate of drug-likeness (QED) is 0.171. The van der Waals surface area contributed by atoms with Gasteiger partial charge in [0, 0.05) is 18.2 Å². The van der Waals surface area contributed by atoms with E-state index in [1.165, 1.54) is 17.2 Å². The van der Waals surface area contributed by atoms with Gasteiger partial charge in [-0.05, 0) is 18.9 Å². The Hall–Kier alpha value is -2.44. The number of anilines is 2. The van der Waals surface area contributed by atoms with Crippen LogP contribution in [-0.2, 0) is 32.0 Å². The molecular formula is C20H26N8O10P2S. The molecule has 3 fully saturated rings. The molecule has 1 saturated carbocycles. The molecule has 2 aliphatic heterocycles. The van der Waals surface area contributed by atoms with Gasteiger partial charge >= 0.3 is 14.6 Å². The number of phosphoric ester groups is 1. The number of aliphatic hydroxyl groups excluding tert-OH is 1. The zero-order valence-corrected chi connectivity index (χ0v) is 23.7. The average Bonchev–Trinajstić information content (AvgIpc) is 3.57. The Morgan fingerprint density at radius 1 is 1.17 bits per heavy atom. The van der Waals surface area contributed by atoms with Crippen LogP contribution in [0.3, 0.4) is 0 Å². The largest absolute Gasteiger partial charge is 0.472 e. The maximum Gasteiger partial charge on any atom is 0.472 e. The summed E-state index contributed by atoms with van der Waals surface area (Å²) in [7, 11) is -4.68. The van der Waals surface area contributed by atoms with Crippen molar-refractivity contribution in [1.29, 1.82) is 0 Å².